The Morgan fingerprint density at radius 1 is 1.37 bits per heavy atom. The van der Waals surface area contributed by atoms with Gasteiger partial charge in [0.25, 0.3) is 5.82 Å². The van der Waals surface area contributed by atoms with Crippen LogP contribution in [0.2, 0.25) is 0 Å². The zero-order chi connectivity index (χ0) is 14.0. The number of aromatic nitrogens is 4. The molecule has 2 rings (SSSR count). The van der Waals surface area contributed by atoms with Gasteiger partial charge in [-0.2, -0.15) is 17.7 Å². The molecule has 3 N–H and O–H groups in total. The summed E-state index contributed by atoms with van der Waals surface area (Å²) in [5.41, 5.74) is 5.62. The highest BCUT2D eigenvalue weighted by atomic mass is 19.4. The highest BCUT2D eigenvalue weighted by molar-refractivity contribution is 5.44. The Morgan fingerprint density at radius 2 is 2.11 bits per heavy atom. The predicted octanol–water partition coefficient (Wildman–Crippen LogP) is 1.29. The Bertz CT molecular complexity index is 562. The maximum Gasteiger partial charge on any atom is 0.453 e. The van der Waals surface area contributed by atoms with Gasteiger partial charge in [0, 0.05) is 12.6 Å². The molecule has 1 atom stereocenters. The van der Waals surface area contributed by atoms with Gasteiger partial charge in [-0.15, -0.1) is 15.3 Å². The second-order valence-electron chi connectivity index (χ2n) is 4.20. The molecule has 1 unspecified atom stereocenters. The molecule has 2 aromatic rings. The normalized spacial score (nSPS) is 13.7. The Morgan fingerprint density at radius 3 is 2.74 bits per heavy atom. The quantitative estimate of drug-likeness (QED) is 0.878. The van der Waals surface area contributed by atoms with E-state index in [9.17, 15) is 13.2 Å². The van der Waals surface area contributed by atoms with E-state index in [2.05, 4.69) is 20.6 Å². The van der Waals surface area contributed by atoms with E-state index in [0.29, 0.717) is 23.3 Å². The van der Waals surface area contributed by atoms with Crippen molar-refractivity contribution in [1.82, 2.24) is 19.8 Å². The van der Waals surface area contributed by atoms with Gasteiger partial charge in [-0.3, -0.25) is 0 Å². The highest BCUT2D eigenvalue weighted by Gasteiger charge is 2.37. The van der Waals surface area contributed by atoms with Crippen LogP contribution >= 0.6 is 0 Å². The second-order valence-corrected chi connectivity index (χ2v) is 4.20. The van der Waals surface area contributed by atoms with E-state index in [1.54, 1.807) is 6.07 Å². The molecule has 19 heavy (non-hydrogen) atoms. The molecule has 2 aromatic heterocycles. The lowest BCUT2D eigenvalue weighted by Gasteiger charge is -2.08. The summed E-state index contributed by atoms with van der Waals surface area (Å²) in [5, 5.41) is 13.2. The molecule has 0 aromatic carbocycles. The van der Waals surface area contributed by atoms with Crippen LogP contribution < -0.4 is 11.1 Å². The van der Waals surface area contributed by atoms with Crippen LogP contribution in [0, 0.1) is 0 Å². The average molecular weight is 274 g/mol. The van der Waals surface area contributed by atoms with Crippen molar-refractivity contribution in [3.8, 4) is 0 Å². The lowest BCUT2D eigenvalue weighted by Crippen LogP contribution is -2.20. The van der Waals surface area contributed by atoms with E-state index in [0.717, 1.165) is 0 Å². The minimum absolute atomic E-state index is 0.0110. The summed E-state index contributed by atoms with van der Waals surface area (Å²) in [6, 6.07) is 2.98. The largest absolute Gasteiger partial charge is 0.453 e. The molecule has 6 nitrogen and oxygen atoms in total. The van der Waals surface area contributed by atoms with Gasteiger partial charge in [-0.1, -0.05) is 0 Å². The van der Waals surface area contributed by atoms with Gasteiger partial charge in [-0.25, -0.2) is 0 Å². The Kier molecular flexibility index (Phi) is 3.56. The molecule has 0 bridgehead atoms. The summed E-state index contributed by atoms with van der Waals surface area (Å²) in [4.78, 5) is 0. The molecule has 0 radical (unpaired) electrons. The van der Waals surface area contributed by atoms with Gasteiger partial charge in [-0.05, 0) is 25.5 Å². The monoisotopic (exact) mass is 274 g/mol. The molecule has 0 fully saturated rings. The molecule has 0 amide bonds. The SMILES string of the molecule is CC(N)CCNc1ccc2nnc(C(F)(F)F)n2n1. The van der Waals surface area contributed by atoms with Crippen LogP contribution in [0.5, 0.6) is 0 Å². The molecule has 0 aliphatic heterocycles. The predicted molar refractivity (Wildman–Crippen MR) is 62.5 cm³/mol. The van der Waals surface area contributed by atoms with Gasteiger partial charge in [0.15, 0.2) is 5.65 Å². The third-order valence-electron chi connectivity index (χ3n) is 2.42. The van der Waals surface area contributed by atoms with Gasteiger partial charge in [0.1, 0.15) is 5.82 Å². The Balaban J connectivity index is 2.23. The van der Waals surface area contributed by atoms with E-state index in [1.165, 1.54) is 6.07 Å². The third kappa shape index (κ3) is 3.11. The van der Waals surface area contributed by atoms with Crippen molar-refractivity contribution in [1.29, 1.82) is 0 Å². The summed E-state index contributed by atoms with van der Waals surface area (Å²) in [6.07, 6.45) is -3.90. The van der Waals surface area contributed by atoms with Crippen molar-refractivity contribution in [2.45, 2.75) is 25.6 Å². The molecule has 0 aliphatic rings. The number of nitrogens with two attached hydrogens (primary N) is 1. The number of alkyl halides is 3. The summed E-state index contributed by atoms with van der Waals surface area (Å²) in [5.74, 6) is -0.822. The number of nitrogens with one attached hydrogen (secondary N) is 1. The Hall–Kier alpha value is -1.90. The first kappa shape index (κ1) is 13.5. The molecular weight excluding hydrogens is 261 g/mol. The molecule has 0 spiro atoms. The number of halogens is 3. The van der Waals surface area contributed by atoms with Crippen molar-refractivity contribution in [3.05, 3.63) is 18.0 Å². The molecule has 2 heterocycles. The summed E-state index contributed by atoms with van der Waals surface area (Å²) >= 11 is 0. The first-order valence-electron chi connectivity index (χ1n) is 5.67. The van der Waals surface area contributed by atoms with Gasteiger partial charge in [0.05, 0.1) is 0 Å². The fourth-order valence-corrected chi connectivity index (χ4v) is 1.49. The number of hydrogen-bond acceptors (Lipinski definition) is 5. The zero-order valence-electron chi connectivity index (χ0n) is 10.1. The van der Waals surface area contributed by atoms with Crippen molar-refractivity contribution in [3.63, 3.8) is 0 Å². The van der Waals surface area contributed by atoms with Gasteiger partial charge in [0.2, 0.25) is 0 Å². The van der Waals surface area contributed by atoms with Crippen molar-refractivity contribution >= 4 is 11.5 Å². The van der Waals surface area contributed by atoms with Crippen LogP contribution in [0.25, 0.3) is 5.65 Å². The number of hydrogen-bond donors (Lipinski definition) is 2. The number of nitrogens with zero attached hydrogens (tertiary/aromatic N) is 4. The minimum atomic E-state index is -4.59. The average Bonchev–Trinajstić information content (AvgIpc) is 2.71. The first-order valence-corrected chi connectivity index (χ1v) is 5.67. The van der Waals surface area contributed by atoms with Crippen molar-refractivity contribution in [2.75, 3.05) is 11.9 Å². The van der Waals surface area contributed by atoms with E-state index in [1.807, 2.05) is 6.92 Å². The third-order valence-corrected chi connectivity index (χ3v) is 2.42. The highest BCUT2D eigenvalue weighted by Crippen LogP contribution is 2.27. The van der Waals surface area contributed by atoms with Crippen LogP contribution in [-0.2, 0) is 6.18 Å². The topological polar surface area (TPSA) is 81.1 Å². The van der Waals surface area contributed by atoms with Crippen LogP contribution in [-0.4, -0.2) is 32.4 Å². The fraction of sp³-hybridized carbons (Fsp3) is 0.500. The second kappa shape index (κ2) is 5.00. The molecule has 104 valence electrons. The molecule has 0 saturated heterocycles. The smallest absolute Gasteiger partial charge is 0.369 e. The minimum Gasteiger partial charge on any atom is -0.369 e. The molecular formula is C10H13F3N6. The lowest BCUT2D eigenvalue weighted by molar-refractivity contribution is -0.146. The van der Waals surface area contributed by atoms with Gasteiger partial charge < -0.3 is 11.1 Å². The molecule has 9 heteroatoms. The standard InChI is InChI=1S/C10H13F3N6/c1-6(14)4-5-15-7-2-3-8-16-17-9(10(11,12)13)19(8)18-7/h2-3,6H,4-5,14H2,1H3,(H,15,18). The van der Waals surface area contributed by atoms with Gasteiger partial charge >= 0.3 is 6.18 Å². The molecule has 0 aliphatic carbocycles. The van der Waals surface area contributed by atoms with Crippen LogP contribution in [0.1, 0.15) is 19.2 Å². The van der Waals surface area contributed by atoms with E-state index < -0.39 is 12.0 Å². The Labute approximate surface area is 106 Å². The van der Waals surface area contributed by atoms with E-state index in [-0.39, 0.29) is 11.7 Å². The summed E-state index contributed by atoms with van der Waals surface area (Å²) < 4.78 is 38.6. The molecule has 0 saturated carbocycles. The zero-order valence-corrected chi connectivity index (χ0v) is 10.1. The maximum atomic E-state index is 12.6. The van der Waals surface area contributed by atoms with E-state index >= 15 is 0 Å². The lowest BCUT2D eigenvalue weighted by atomic mass is 10.2. The number of anilines is 1. The summed E-state index contributed by atoms with van der Waals surface area (Å²) in [7, 11) is 0. The fourth-order valence-electron chi connectivity index (χ4n) is 1.49. The van der Waals surface area contributed by atoms with Crippen molar-refractivity contribution < 1.29 is 13.2 Å². The maximum absolute atomic E-state index is 12.6. The van der Waals surface area contributed by atoms with Crippen molar-refractivity contribution in [2.24, 2.45) is 5.73 Å². The number of rotatable bonds is 4. The first-order chi connectivity index (χ1) is 8.88. The van der Waals surface area contributed by atoms with E-state index in [4.69, 9.17) is 5.73 Å². The van der Waals surface area contributed by atoms with Crippen LogP contribution in [0.15, 0.2) is 12.1 Å². The van der Waals surface area contributed by atoms with Crippen LogP contribution in [0.4, 0.5) is 19.0 Å². The number of fused-ring (bicyclic) bond motifs is 1. The van der Waals surface area contributed by atoms with Crippen LogP contribution in [0.3, 0.4) is 0 Å². The summed E-state index contributed by atoms with van der Waals surface area (Å²) in [6.45, 7) is 2.37.